The summed E-state index contributed by atoms with van der Waals surface area (Å²) in [5.41, 5.74) is 4.46. The van der Waals surface area contributed by atoms with Gasteiger partial charge in [-0.15, -0.1) is 0 Å². The second-order valence-corrected chi connectivity index (χ2v) is 5.19. The maximum atomic E-state index is 2.31. The molecule has 0 atom stereocenters. The van der Waals surface area contributed by atoms with Crippen LogP contribution in [0.2, 0.25) is 0 Å². The van der Waals surface area contributed by atoms with Gasteiger partial charge < -0.3 is 5.48 Å². The minimum absolute atomic E-state index is 0. The summed E-state index contributed by atoms with van der Waals surface area (Å²) in [6.07, 6.45) is 10.8. The van der Waals surface area contributed by atoms with Crippen LogP contribution in [0.25, 0.3) is 0 Å². The van der Waals surface area contributed by atoms with Crippen molar-refractivity contribution in [2.75, 3.05) is 0 Å². The third-order valence-corrected chi connectivity index (χ3v) is 3.07. The predicted molar refractivity (Wildman–Crippen MR) is 96.8 cm³/mol. The molecule has 0 bridgehead atoms. The highest BCUT2D eigenvalue weighted by Gasteiger charge is 1.98. The fraction of sp³-hybridized carbons (Fsp3) is 0.500. The van der Waals surface area contributed by atoms with Crippen molar-refractivity contribution in [3.05, 3.63) is 59.2 Å². The lowest BCUT2D eigenvalue weighted by atomic mass is 9.99. The maximum Gasteiger partial charge on any atom is -0.0282 e. The van der Waals surface area contributed by atoms with Crippen LogP contribution in [0.3, 0.4) is 0 Å². The molecule has 0 aliphatic heterocycles. The fourth-order valence-electron chi connectivity index (χ4n) is 1.93. The van der Waals surface area contributed by atoms with Crippen molar-refractivity contribution in [2.24, 2.45) is 0 Å². The summed E-state index contributed by atoms with van der Waals surface area (Å²) in [5.74, 6) is 0. The molecule has 0 radical (unpaired) electrons. The van der Waals surface area contributed by atoms with Crippen molar-refractivity contribution in [3.63, 3.8) is 0 Å². The van der Waals surface area contributed by atoms with Crippen LogP contribution in [0.5, 0.6) is 0 Å². The van der Waals surface area contributed by atoms with Crippen molar-refractivity contribution in [2.45, 2.75) is 66.7 Å². The van der Waals surface area contributed by atoms with E-state index in [-0.39, 0.29) is 5.48 Å². The number of rotatable bonds is 2. The lowest BCUT2D eigenvalue weighted by Crippen LogP contribution is -1.87. The Morgan fingerprint density at radius 3 is 1.81 bits per heavy atom. The molecule has 2 N–H and O–H groups in total. The first-order valence-electron chi connectivity index (χ1n) is 8.07. The van der Waals surface area contributed by atoms with Gasteiger partial charge in [-0.1, -0.05) is 87.7 Å². The number of hydrogen-bond donors (Lipinski definition) is 0. The second-order valence-electron chi connectivity index (χ2n) is 5.19. The van der Waals surface area contributed by atoms with Crippen LogP contribution in [0.4, 0.5) is 0 Å². The van der Waals surface area contributed by atoms with E-state index in [0.29, 0.717) is 0 Å². The van der Waals surface area contributed by atoms with Crippen molar-refractivity contribution in [1.29, 1.82) is 0 Å². The highest BCUT2D eigenvalue weighted by atomic mass is 16.0. The highest BCUT2D eigenvalue weighted by Crippen LogP contribution is 2.18. The average molecular weight is 290 g/mol. The topological polar surface area (TPSA) is 31.5 Å². The molecular formula is C20H34O. The lowest BCUT2D eigenvalue weighted by Gasteiger charge is -2.08. The molecular weight excluding hydrogens is 256 g/mol. The summed E-state index contributed by atoms with van der Waals surface area (Å²) in [6.45, 7) is 10.8. The summed E-state index contributed by atoms with van der Waals surface area (Å²) < 4.78 is 0. The van der Waals surface area contributed by atoms with E-state index < -0.39 is 0 Å². The monoisotopic (exact) mass is 290 g/mol. The molecule has 0 unspecified atom stereocenters. The van der Waals surface area contributed by atoms with E-state index in [0.717, 1.165) is 6.42 Å². The van der Waals surface area contributed by atoms with Crippen LogP contribution in [0.1, 0.15) is 65.9 Å². The summed E-state index contributed by atoms with van der Waals surface area (Å²) in [4.78, 5) is 0. The highest BCUT2D eigenvalue weighted by molar-refractivity contribution is 5.25. The van der Waals surface area contributed by atoms with Crippen LogP contribution < -0.4 is 0 Å². The molecule has 0 fully saturated rings. The molecule has 0 amide bonds. The fourth-order valence-corrected chi connectivity index (χ4v) is 1.93. The molecule has 0 saturated carbocycles. The van der Waals surface area contributed by atoms with Gasteiger partial charge in [-0.2, -0.15) is 0 Å². The summed E-state index contributed by atoms with van der Waals surface area (Å²) in [6, 6.07) is 10.5. The van der Waals surface area contributed by atoms with Gasteiger partial charge in [0.25, 0.3) is 0 Å². The zero-order valence-electron chi connectivity index (χ0n) is 14.6. The first-order valence-corrected chi connectivity index (χ1v) is 8.07. The smallest absolute Gasteiger partial charge is 0.0282 e. The first kappa shape index (κ1) is 21.9. The number of benzene rings is 1. The summed E-state index contributed by atoms with van der Waals surface area (Å²) >= 11 is 0. The summed E-state index contributed by atoms with van der Waals surface area (Å²) in [5, 5.41) is 0. The molecule has 1 nitrogen and oxygen atoms in total. The molecule has 0 spiro atoms. The predicted octanol–water partition coefficient (Wildman–Crippen LogP) is 5.90. The van der Waals surface area contributed by atoms with Gasteiger partial charge in [0.2, 0.25) is 0 Å². The third-order valence-electron chi connectivity index (χ3n) is 3.07. The van der Waals surface area contributed by atoms with Crippen LogP contribution >= 0.6 is 0 Å². The van der Waals surface area contributed by atoms with Crippen molar-refractivity contribution >= 4 is 0 Å². The Morgan fingerprint density at radius 1 is 0.905 bits per heavy atom. The molecule has 0 aromatic heterocycles. The Hall–Kier alpha value is -1.34. The van der Waals surface area contributed by atoms with Gasteiger partial charge in [0, 0.05) is 0 Å². The summed E-state index contributed by atoms with van der Waals surface area (Å²) in [7, 11) is 0. The Labute approximate surface area is 132 Å². The van der Waals surface area contributed by atoms with Crippen molar-refractivity contribution in [3.8, 4) is 0 Å². The van der Waals surface area contributed by atoms with Crippen LogP contribution in [0, 0.1) is 0 Å². The number of hydrogen-bond acceptors (Lipinski definition) is 0. The van der Waals surface area contributed by atoms with E-state index >= 15 is 0 Å². The first-order chi connectivity index (χ1) is 9.67. The number of allylic oxidation sites excluding steroid dienone is 4. The quantitative estimate of drug-likeness (QED) is 0.649. The van der Waals surface area contributed by atoms with Crippen molar-refractivity contribution in [1.82, 2.24) is 0 Å². The van der Waals surface area contributed by atoms with Gasteiger partial charge in [-0.05, 0) is 38.2 Å². The Kier molecular flexibility index (Phi) is 15.7. The Balaban J connectivity index is 0. The average Bonchev–Trinajstić information content (AvgIpc) is 2.49. The molecule has 0 saturated heterocycles. The maximum absolute atomic E-state index is 2.31. The zero-order valence-corrected chi connectivity index (χ0v) is 14.6. The molecule has 1 aromatic carbocycles. The minimum Gasteiger partial charge on any atom is -0.412 e. The zero-order chi connectivity index (χ0) is 15.2. The van der Waals surface area contributed by atoms with Crippen LogP contribution in [-0.2, 0) is 6.42 Å². The van der Waals surface area contributed by atoms with Gasteiger partial charge in [0.05, 0.1) is 0 Å². The third kappa shape index (κ3) is 12.1. The standard InChI is InChI=1S/C9H14.C8H10.C3H8.H2O/c1-3-9-6-4-5-8(2)7-9;1-2-8-6-4-3-5-7-8;1-3-2;/h5,7H,3-4,6H2,1-2H3;3-7H,2H2,1H3;3H2,1-2H3;1H2. The molecule has 0 heterocycles. The van der Waals surface area contributed by atoms with Gasteiger partial charge in [0.1, 0.15) is 0 Å². The van der Waals surface area contributed by atoms with Gasteiger partial charge in [-0.3, -0.25) is 0 Å². The Morgan fingerprint density at radius 2 is 1.48 bits per heavy atom. The molecule has 1 aliphatic rings. The Bertz CT molecular complexity index is 388. The SMILES string of the molecule is CCC.CCC1=CC(C)=CCC1.CCc1ccccc1.O. The van der Waals surface area contributed by atoms with Gasteiger partial charge in [-0.25, -0.2) is 0 Å². The molecule has 1 aliphatic carbocycles. The van der Waals surface area contributed by atoms with Crippen LogP contribution in [0.15, 0.2) is 53.6 Å². The van der Waals surface area contributed by atoms with Crippen molar-refractivity contribution < 1.29 is 5.48 Å². The van der Waals surface area contributed by atoms with E-state index in [2.05, 4.69) is 71.0 Å². The van der Waals surface area contributed by atoms with E-state index in [1.54, 1.807) is 5.57 Å². The normalized spacial score (nSPS) is 12.4. The minimum atomic E-state index is 0. The molecule has 120 valence electrons. The van der Waals surface area contributed by atoms with E-state index in [1.165, 1.54) is 36.8 Å². The molecule has 1 aromatic rings. The lowest BCUT2D eigenvalue weighted by molar-refractivity contribution is 0.824. The molecule has 1 heteroatoms. The largest absolute Gasteiger partial charge is 0.412 e. The van der Waals surface area contributed by atoms with Gasteiger partial charge >= 0.3 is 0 Å². The molecule has 21 heavy (non-hydrogen) atoms. The number of aryl methyl sites for hydroxylation is 1. The van der Waals surface area contributed by atoms with E-state index in [9.17, 15) is 0 Å². The van der Waals surface area contributed by atoms with E-state index in [4.69, 9.17) is 0 Å². The van der Waals surface area contributed by atoms with Gasteiger partial charge in [0.15, 0.2) is 0 Å². The van der Waals surface area contributed by atoms with E-state index in [1.807, 2.05) is 6.07 Å². The van der Waals surface area contributed by atoms with Crippen LogP contribution in [-0.4, -0.2) is 5.48 Å². The molecule has 2 rings (SSSR count). The second kappa shape index (κ2) is 15.1.